The maximum absolute atomic E-state index is 13.7. The van der Waals surface area contributed by atoms with Crippen molar-refractivity contribution in [2.45, 2.75) is 18.4 Å². The van der Waals surface area contributed by atoms with Crippen molar-refractivity contribution in [3.8, 4) is 5.75 Å². The summed E-state index contributed by atoms with van der Waals surface area (Å²) >= 11 is 0. The Morgan fingerprint density at radius 2 is 2.12 bits per heavy atom. The van der Waals surface area contributed by atoms with Crippen LogP contribution in [0.2, 0.25) is 0 Å². The molecule has 1 heterocycles. The van der Waals surface area contributed by atoms with E-state index in [-0.39, 0.29) is 35.1 Å². The number of fused-ring (bicyclic) bond motifs is 3. The number of ether oxygens (including phenoxy) is 1. The molecule has 5 nitrogen and oxygen atoms in total. The van der Waals surface area contributed by atoms with Gasteiger partial charge in [0.25, 0.3) is 0 Å². The molecule has 0 fully saturated rings. The third-order valence-electron chi connectivity index (χ3n) is 5.08. The zero-order valence-corrected chi connectivity index (χ0v) is 13.6. The quantitative estimate of drug-likeness (QED) is 0.505. The van der Waals surface area contributed by atoms with Crippen molar-refractivity contribution in [2.24, 2.45) is 5.92 Å². The smallest absolute Gasteiger partial charge is 0.311 e. The molecule has 1 aliphatic heterocycles. The monoisotopic (exact) mass is 340 g/mol. The average molecular weight is 340 g/mol. The summed E-state index contributed by atoms with van der Waals surface area (Å²) in [6.45, 7) is 0. The fourth-order valence-electron chi connectivity index (χ4n) is 3.94. The first kappa shape index (κ1) is 15.6. The second-order valence-corrected chi connectivity index (χ2v) is 6.40. The number of nitrogens with zero attached hydrogens (tertiary/aromatic N) is 1. The van der Waals surface area contributed by atoms with Crippen LogP contribution in [0, 0.1) is 21.8 Å². The topological polar surface area (TPSA) is 64.4 Å². The molecule has 2 aromatic rings. The van der Waals surface area contributed by atoms with Crippen LogP contribution in [0.4, 0.5) is 15.8 Å². The lowest BCUT2D eigenvalue weighted by Crippen LogP contribution is -2.29. The lowest BCUT2D eigenvalue weighted by Gasteiger charge is -2.37. The van der Waals surface area contributed by atoms with E-state index in [0.717, 1.165) is 23.2 Å². The van der Waals surface area contributed by atoms with E-state index in [0.29, 0.717) is 0 Å². The number of halogens is 1. The maximum Gasteiger partial charge on any atom is 0.311 e. The van der Waals surface area contributed by atoms with Gasteiger partial charge >= 0.3 is 5.69 Å². The van der Waals surface area contributed by atoms with Crippen LogP contribution in [-0.4, -0.2) is 12.0 Å². The summed E-state index contributed by atoms with van der Waals surface area (Å²) in [6.07, 6.45) is 5.05. The first-order valence-electron chi connectivity index (χ1n) is 8.13. The van der Waals surface area contributed by atoms with E-state index in [1.807, 2.05) is 6.07 Å². The van der Waals surface area contributed by atoms with Gasteiger partial charge in [-0.3, -0.25) is 10.1 Å². The number of allylic oxidation sites excluding steroid dienone is 2. The summed E-state index contributed by atoms with van der Waals surface area (Å²) in [5.74, 6) is 0.298. The van der Waals surface area contributed by atoms with Crippen LogP contribution in [0.25, 0.3) is 0 Å². The number of anilines is 1. The van der Waals surface area contributed by atoms with E-state index in [4.69, 9.17) is 4.74 Å². The summed E-state index contributed by atoms with van der Waals surface area (Å²) < 4.78 is 18.7. The molecule has 3 unspecified atom stereocenters. The Bertz CT molecular complexity index is 881. The van der Waals surface area contributed by atoms with Gasteiger partial charge in [-0.05, 0) is 47.7 Å². The molecule has 1 N–H and O–H groups in total. The molecule has 3 atom stereocenters. The fraction of sp³-hybridized carbons (Fsp3) is 0.263. The number of rotatable bonds is 3. The van der Waals surface area contributed by atoms with Crippen molar-refractivity contribution < 1.29 is 14.1 Å². The highest BCUT2D eigenvalue weighted by atomic mass is 19.1. The van der Waals surface area contributed by atoms with Crippen LogP contribution in [0.15, 0.2) is 48.6 Å². The number of nitro benzene ring substituents is 1. The molecule has 2 aliphatic rings. The van der Waals surface area contributed by atoms with E-state index in [1.54, 1.807) is 24.3 Å². The van der Waals surface area contributed by atoms with Gasteiger partial charge < -0.3 is 10.1 Å². The molecule has 2 aromatic carbocycles. The third kappa shape index (κ3) is 2.54. The largest absolute Gasteiger partial charge is 0.490 e. The zero-order chi connectivity index (χ0) is 17.6. The van der Waals surface area contributed by atoms with Crippen molar-refractivity contribution in [2.75, 3.05) is 12.4 Å². The third-order valence-corrected chi connectivity index (χ3v) is 5.08. The molecular formula is C19H17FN2O3. The molecule has 0 aromatic heterocycles. The van der Waals surface area contributed by atoms with E-state index >= 15 is 0 Å². The van der Waals surface area contributed by atoms with Gasteiger partial charge in [0.05, 0.1) is 18.1 Å². The van der Waals surface area contributed by atoms with Gasteiger partial charge in [-0.25, -0.2) is 4.39 Å². The highest BCUT2D eigenvalue weighted by Crippen LogP contribution is 2.50. The van der Waals surface area contributed by atoms with Crippen LogP contribution < -0.4 is 10.1 Å². The van der Waals surface area contributed by atoms with Crippen LogP contribution in [0.1, 0.15) is 29.5 Å². The van der Waals surface area contributed by atoms with Gasteiger partial charge in [0.2, 0.25) is 0 Å². The second kappa shape index (κ2) is 5.88. The molecule has 6 heteroatoms. The van der Waals surface area contributed by atoms with Gasteiger partial charge in [-0.2, -0.15) is 0 Å². The summed E-state index contributed by atoms with van der Waals surface area (Å²) in [6, 6.07) is 9.71. The second-order valence-electron chi connectivity index (χ2n) is 6.40. The van der Waals surface area contributed by atoms with E-state index in [2.05, 4.69) is 17.5 Å². The minimum Gasteiger partial charge on any atom is -0.490 e. The lowest BCUT2D eigenvalue weighted by atomic mass is 9.77. The fourth-order valence-corrected chi connectivity index (χ4v) is 3.94. The Labute approximate surface area is 144 Å². The highest BCUT2D eigenvalue weighted by molar-refractivity contribution is 5.61. The number of nitro groups is 1. The Kier molecular flexibility index (Phi) is 3.67. The first-order chi connectivity index (χ1) is 12.1. The van der Waals surface area contributed by atoms with Crippen LogP contribution in [-0.2, 0) is 0 Å². The van der Waals surface area contributed by atoms with E-state index in [1.165, 1.54) is 13.2 Å². The lowest BCUT2D eigenvalue weighted by molar-refractivity contribution is -0.385. The van der Waals surface area contributed by atoms with Crippen LogP contribution in [0.5, 0.6) is 5.75 Å². The van der Waals surface area contributed by atoms with Crippen LogP contribution >= 0.6 is 0 Å². The minimum atomic E-state index is -0.432. The molecule has 4 rings (SSSR count). The van der Waals surface area contributed by atoms with Gasteiger partial charge in [0.1, 0.15) is 5.82 Å². The van der Waals surface area contributed by atoms with Gasteiger partial charge in [0, 0.05) is 17.7 Å². The van der Waals surface area contributed by atoms with Gasteiger partial charge in [-0.1, -0.05) is 18.2 Å². The summed E-state index contributed by atoms with van der Waals surface area (Å²) in [7, 11) is 1.42. The molecule has 0 saturated heterocycles. The Balaban J connectivity index is 1.78. The predicted molar refractivity (Wildman–Crippen MR) is 92.4 cm³/mol. The van der Waals surface area contributed by atoms with Crippen molar-refractivity contribution in [3.05, 3.63) is 75.6 Å². The normalized spacial score (nSPS) is 23.5. The Hall–Kier alpha value is -2.89. The molecule has 1 aliphatic carbocycles. The number of nitrogens with one attached hydrogen (secondary N) is 1. The van der Waals surface area contributed by atoms with Gasteiger partial charge in [-0.15, -0.1) is 0 Å². The van der Waals surface area contributed by atoms with Crippen molar-refractivity contribution in [1.82, 2.24) is 0 Å². The van der Waals surface area contributed by atoms with Crippen molar-refractivity contribution >= 4 is 11.4 Å². The zero-order valence-electron chi connectivity index (χ0n) is 13.6. The number of benzene rings is 2. The number of methoxy groups -OCH3 is 1. The van der Waals surface area contributed by atoms with Crippen molar-refractivity contribution in [3.63, 3.8) is 0 Å². The van der Waals surface area contributed by atoms with Crippen LogP contribution in [0.3, 0.4) is 0 Å². The highest BCUT2D eigenvalue weighted by Gasteiger charge is 2.38. The molecule has 0 amide bonds. The molecule has 128 valence electrons. The summed E-state index contributed by atoms with van der Waals surface area (Å²) in [5.41, 5.74) is 2.60. The summed E-state index contributed by atoms with van der Waals surface area (Å²) in [4.78, 5) is 10.9. The molecule has 25 heavy (non-hydrogen) atoms. The van der Waals surface area contributed by atoms with Crippen molar-refractivity contribution in [1.29, 1.82) is 0 Å². The first-order valence-corrected chi connectivity index (χ1v) is 8.13. The standard InChI is InChI=1S/C19H17FN2O3/c1-25-18-8-5-11(9-17(18)22(23)24)19-14-4-2-3-13(14)15-10-12(20)6-7-16(15)21-19/h2-3,5-10,13-14,19,21H,4H2,1H3. The molecule has 0 spiro atoms. The Morgan fingerprint density at radius 1 is 1.28 bits per heavy atom. The molecule has 0 bridgehead atoms. The van der Waals surface area contributed by atoms with Gasteiger partial charge in [0.15, 0.2) is 5.75 Å². The van der Waals surface area contributed by atoms with E-state index in [9.17, 15) is 14.5 Å². The number of hydrogen-bond donors (Lipinski definition) is 1. The molecule has 0 radical (unpaired) electrons. The Morgan fingerprint density at radius 3 is 2.88 bits per heavy atom. The minimum absolute atomic E-state index is 0.0470. The van der Waals surface area contributed by atoms with E-state index < -0.39 is 4.92 Å². The molecular weight excluding hydrogens is 323 g/mol. The SMILES string of the molecule is COc1ccc(C2Nc3ccc(F)cc3C3C=CCC32)cc1[N+](=O)[O-]. The maximum atomic E-state index is 13.7. The summed E-state index contributed by atoms with van der Waals surface area (Å²) in [5, 5.41) is 14.8. The number of hydrogen-bond acceptors (Lipinski definition) is 4. The average Bonchev–Trinajstić information content (AvgIpc) is 3.10. The molecule has 0 saturated carbocycles. The predicted octanol–water partition coefficient (Wildman–Crippen LogP) is 4.57.